The molecule has 1 aliphatic rings. The molecule has 1 atom stereocenters. The highest BCUT2D eigenvalue weighted by molar-refractivity contribution is 5.68. The number of ether oxygens (including phenoxy) is 1. The number of carbonyl (C=O) groups excluding carboxylic acids is 1. The molecule has 1 fully saturated rings. The first-order valence-electron chi connectivity index (χ1n) is 8.21. The van der Waals surface area contributed by atoms with Crippen LogP contribution in [-0.2, 0) is 11.3 Å². The third-order valence-electron chi connectivity index (χ3n) is 3.91. The van der Waals surface area contributed by atoms with Crippen molar-refractivity contribution in [3.63, 3.8) is 0 Å². The molecule has 1 amide bonds. The van der Waals surface area contributed by atoms with Crippen LogP contribution in [0.3, 0.4) is 0 Å². The first-order chi connectivity index (χ1) is 10.8. The minimum absolute atomic E-state index is 0.0529. The maximum Gasteiger partial charge on any atom is 0.410 e. The highest BCUT2D eigenvalue weighted by atomic mass is 16.6. The van der Waals surface area contributed by atoms with Crippen LogP contribution < -0.4 is 5.32 Å². The van der Waals surface area contributed by atoms with Gasteiger partial charge in [0.25, 0.3) is 0 Å². The average Bonchev–Trinajstić information content (AvgIpc) is 2.46. The molecule has 1 aromatic rings. The van der Waals surface area contributed by atoms with E-state index in [9.17, 15) is 4.79 Å². The topological polar surface area (TPSA) is 67.4 Å². The highest BCUT2D eigenvalue weighted by Gasteiger charge is 2.34. The molecule has 1 aliphatic heterocycles. The van der Waals surface area contributed by atoms with Crippen molar-refractivity contribution >= 4 is 6.09 Å². The molecule has 1 unspecified atom stereocenters. The fourth-order valence-corrected chi connectivity index (χ4v) is 2.86. The zero-order valence-electron chi connectivity index (χ0n) is 14.6. The Balaban J connectivity index is 1.84. The van der Waals surface area contributed by atoms with E-state index in [0.717, 1.165) is 38.2 Å². The number of hydrogen-bond donors (Lipinski definition) is 1. The summed E-state index contributed by atoms with van der Waals surface area (Å²) in [5.41, 5.74) is 0.530. The Morgan fingerprint density at radius 2 is 2.22 bits per heavy atom. The second-order valence-electron chi connectivity index (χ2n) is 7.62. The van der Waals surface area contributed by atoms with E-state index in [1.54, 1.807) is 18.6 Å². The van der Waals surface area contributed by atoms with E-state index in [1.807, 2.05) is 25.7 Å². The summed E-state index contributed by atoms with van der Waals surface area (Å²) >= 11 is 0. The summed E-state index contributed by atoms with van der Waals surface area (Å²) in [6.45, 7) is 10.9. The second-order valence-corrected chi connectivity index (χ2v) is 7.62. The molecular weight excluding hydrogens is 292 g/mol. The van der Waals surface area contributed by atoms with Gasteiger partial charge in [0.1, 0.15) is 5.60 Å². The average molecular weight is 320 g/mol. The fraction of sp³-hybridized carbons (Fsp3) is 0.706. The summed E-state index contributed by atoms with van der Waals surface area (Å²) in [5, 5.41) is 3.44. The van der Waals surface area contributed by atoms with Crippen LogP contribution in [0.1, 0.15) is 46.2 Å². The number of amides is 1. The quantitative estimate of drug-likeness (QED) is 0.923. The van der Waals surface area contributed by atoms with Gasteiger partial charge in [0.15, 0.2) is 0 Å². The molecule has 0 radical (unpaired) electrons. The summed E-state index contributed by atoms with van der Waals surface area (Å²) in [6, 6.07) is 0. The molecule has 1 saturated heterocycles. The zero-order valence-corrected chi connectivity index (χ0v) is 14.6. The van der Waals surface area contributed by atoms with Crippen LogP contribution in [-0.4, -0.2) is 46.2 Å². The van der Waals surface area contributed by atoms with Gasteiger partial charge in [0.05, 0.1) is 5.69 Å². The SMILES string of the molecule is CC1(CNCc2cnccn2)CCCN(C(=O)OC(C)(C)C)C1. The fourth-order valence-electron chi connectivity index (χ4n) is 2.86. The lowest BCUT2D eigenvalue weighted by atomic mass is 9.82. The van der Waals surface area contributed by atoms with E-state index < -0.39 is 5.60 Å². The van der Waals surface area contributed by atoms with Crippen molar-refractivity contribution in [2.45, 2.75) is 52.7 Å². The third-order valence-corrected chi connectivity index (χ3v) is 3.91. The molecule has 2 rings (SSSR count). The van der Waals surface area contributed by atoms with Gasteiger partial charge in [-0.1, -0.05) is 6.92 Å². The van der Waals surface area contributed by atoms with E-state index in [-0.39, 0.29) is 11.5 Å². The largest absolute Gasteiger partial charge is 0.444 e. The lowest BCUT2D eigenvalue weighted by Crippen LogP contribution is -2.50. The summed E-state index contributed by atoms with van der Waals surface area (Å²) in [7, 11) is 0. The van der Waals surface area contributed by atoms with Crippen molar-refractivity contribution in [2.75, 3.05) is 19.6 Å². The van der Waals surface area contributed by atoms with Gasteiger partial charge in [-0.25, -0.2) is 4.79 Å². The summed E-state index contributed by atoms with van der Waals surface area (Å²) in [4.78, 5) is 22.4. The Morgan fingerprint density at radius 1 is 1.43 bits per heavy atom. The van der Waals surface area contributed by atoms with Crippen molar-refractivity contribution in [1.82, 2.24) is 20.2 Å². The molecule has 23 heavy (non-hydrogen) atoms. The zero-order chi connectivity index (χ0) is 16.9. The minimum atomic E-state index is -0.449. The normalized spacial score (nSPS) is 22.0. The monoisotopic (exact) mass is 320 g/mol. The van der Waals surface area contributed by atoms with E-state index in [2.05, 4.69) is 22.2 Å². The molecule has 0 bridgehead atoms. The van der Waals surface area contributed by atoms with Gasteiger partial charge >= 0.3 is 6.09 Å². The number of nitrogens with zero attached hydrogens (tertiary/aromatic N) is 3. The maximum absolute atomic E-state index is 12.3. The van der Waals surface area contributed by atoms with Gasteiger partial charge in [0.2, 0.25) is 0 Å². The van der Waals surface area contributed by atoms with Crippen LogP contribution in [0.5, 0.6) is 0 Å². The summed E-state index contributed by atoms with van der Waals surface area (Å²) in [6.07, 6.45) is 7.03. The molecular formula is C17H28N4O2. The number of piperidine rings is 1. The Kier molecular flexibility index (Phi) is 5.57. The lowest BCUT2D eigenvalue weighted by molar-refractivity contribution is 0.00674. The van der Waals surface area contributed by atoms with Crippen molar-refractivity contribution in [1.29, 1.82) is 0 Å². The Hall–Kier alpha value is -1.69. The van der Waals surface area contributed by atoms with Gasteiger partial charge < -0.3 is 15.0 Å². The number of rotatable bonds is 4. The van der Waals surface area contributed by atoms with E-state index in [4.69, 9.17) is 4.74 Å². The van der Waals surface area contributed by atoms with E-state index >= 15 is 0 Å². The molecule has 6 heteroatoms. The molecule has 2 heterocycles. The molecule has 0 aromatic carbocycles. The third kappa shape index (κ3) is 5.78. The molecule has 0 aliphatic carbocycles. The van der Waals surface area contributed by atoms with E-state index in [1.165, 1.54) is 0 Å². The number of aromatic nitrogens is 2. The Morgan fingerprint density at radius 3 is 2.87 bits per heavy atom. The summed E-state index contributed by atoms with van der Waals surface area (Å²) < 4.78 is 5.49. The molecule has 1 N–H and O–H groups in total. The highest BCUT2D eigenvalue weighted by Crippen LogP contribution is 2.29. The molecule has 128 valence electrons. The Labute approximate surface area is 138 Å². The van der Waals surface area contributed by atoms with Gasteiger partial charge in [-0.15, -0.1) is 0 Å². The van der Waals surface area contributed by atoms with Gasteiger partial charge in [-0.2, -0.15) is 0 Å². The maximum atomic E-state index is 12.3. The van der Waals surface area contributed by atoms with Crippen molar-refractivity contribution in [3.8, 4) is 0 Å². The number of hydrogen-bond acceptors (Lipinski definition) is 5. The second kappa shape index (κ2) is 7.25. The first-order valence-corrected chi connectivity index (χ1v) is 8.21. The number of likely N-dealkylation sites (tertiary alicyclic amines) is 1. The molecule has 1 aromatic heterocycles. The first kappa shape index (κ1) is 17.7. The predicted octanol–water partition coefficient (Wildman–Crippen LogP) is 2.60. The van der Waals surface area contributed by atoms with Crippen molar-refractivity contribution in [2.24, 2.45) is 5.41 Å². The van der Waals surface area contributed by atoms with Crippen LogP contribution in [0.15, 0.2) is 18.6 Å². The molecule has 6 nitrogen and oxygen atoms in total. The van der Waals surface area contributed by atoms with Gasteiger partial charge in [-0.05, 0) is 39.0 Å². The lowest BCUT2D eigenvalue weighted by Gasteiger charge is -2.41. The number of carbonyl (C=O) groups is 1. The van der Waals surface area contributed by atoms with Gasteiger partial charge in [0, 0.05) is 44.8 Å². The molecule has 0 saturated carbocycles. The van der Waals surface area contributed by atoms with Crippen molar-refractivity contribution in [3.05, 3.63) is 24.3 Å². The standard InChI is InChI=1S/C17H28N4O2/c1-16(2,3)23-15(22)21-9-5-6-17(4,13-21)12-19-11-14-10-18-7-8-20-14/h7-8,10,19H,5-6,9,11-13H2,1-4H3. The molecule has 0 spiro atoms. The minimum Gasteiger partial charge on any atom is -0.444 e. The van der Waals surface area contributed by atoms with Crippen LogP contribution in [0.2, 0.25) is 0 Å². The number of nitrogens with one attached hydrogen (secondary N) is 1. The predicted molar refractivity (Wildman–Crippen MR) is 88.9 cm³/mol. The van der Waals surface area contributed by atoms with Crippen LogP contribution >= 0.6 is 0 Å². The van der Waals surface area contributed by atoms with Crippen LogP contribution in [0.4, 0.5) is 4.79 Å². The van der Waals surface area contributed by atoms with Gasteiger partial charge in [-0.3, -0.25) is 9.97 Å². The summed E-state index contributed by atoms with van der Waals surface area (Å²) in [5.74, 6) is 0. The smallest absolute Gasteiger partial charge is 0.410 e. The van der Waals surface area contributed by atoms with Crippen molar-refractivity contribution < 1.29 is 9.53 Å². The Bertz CT molecular complexity index is 515. The van der Waals surface area contributed by atoms with Crippen LogP contribution in [0, 0.1) is 5.41 Å². The van der Waals surface area contributed by atoms with E-state index in [0.29, 0.717) is 6.54 Å². The van der Waals surface area contributed by atoms with Crippen LogP contribution in [0.25, 0.3) is 0 Å².